The third-order valence-corrected chi connectivity index (χ3v) is 6.34. The van der Waals surface area contributed by atoms with Gasteiger partial charge in [0.05, 0.1) is 0 Å². The molecule has 1 fully saturated rings. The van der Waals surface area contributed by atoms with Crippen LogP contribution in [0.4, 0.5) is 0 Å². The minimum Gasteiger partial charge on any atom is -0.0945 e. The molecule has 1 aliphatic carbocycles. The number of benzene rings is 2. The Bertz CT molecular complexity index is 746. The monoisotopic (exact) mass is 372 g/mol. The normalized spacial score (nSPS) is 19.1. The van der Waals surface area contributed by atoms with Gasteiger partial charge in [-0.1, -0.05) is 87.8 Å². The molecule has 0 aromatic heterocycles. The molecule has 0 heterocycles. The van der Waals surface area contributed by atoms with Crippen LogP contribution in [0, 0.1) is 23.7 Å². The van der Waals surface area contributed by atoms with Crippen LogP contribution in [0.15, 0.2) is 48.5 Å². The van der Waals surface area contributed by atoms with Gasteiger partial charge in [-0.2, -0.15) is 0 Å². The maximum absolute atomic E-state index is 3.53. The maximum atomic E-state index is 3.53. The van der Waals surface area contributed by atoms with Crippen LogP contribution in [0.2, 0.25) is 0 Å². The SMILES string of the molecule is CCCCCCc1ccc(-c2ccc(C#CC3CCC(CC)CC3)cc2)cc1. The van der Waals surface area contributed by atoms with Crippen molar-refractivity contribution in [2.45, 2.75) is 78.1 Å². The zero-order valence-corrected chi connectivity index (χ0v) is 17.8. The number of hydrogen-bond acceptors (Lipinski definition) is 0. The van der Waals surface area contributed by atoms with Gasteiger partial charge in [-0.3, -0.25) is 0 Å². The van der Waals surface area contributed by atoms with Gasteiger partial charge in [0.1, 0.15) is 0 Å². The Morgan fingerprint density at radius 1 is 0.750 bits per heavy atom. The van der Waals surface area contributed by atoms with Crippen LogP contribution in [0.5, 0.6) is 0 Å². The van der Waals surface area contributed by atoms with Crippen LogP contribution in [-0.4, -0.2) is 0 Å². The lowest BCUT2D eigenvalue weighted by atomic mass is 9.81. The van der Waals surface area contributed by atoms with Crippen LogP contribution in [0.25, 0.3) is 11.1 Å². The van der Waals surface area contributed by atoms with Crippen molar-refractivity contribution >= 4 is 0 Å². The standard InChI is InChI=1S/C28H36/c1-3-5-6-7-8-24-15-19-27(20-16-24)28-21-17-26(18-22-28)14-13-25-11-9-23(4-2)10-12-25/h15-23,25H,3-12H2,1-2H3. The van der Waals surface area contributed by atoms with E-state index < -0.39 is 0 Å². The number of aryl methyl sites for hydroxylation is 1. The Morgan fingerprint density at radius 3 is 2.00 bits per heavy atom. The van der Waals surface area contributed by atoms with Crippen molar-refractivity contribution in [3.63, 3.8) is 0 Å². The van der Waals surface area contributed by atoms with E-state index in [4.69, 9.17) is 0 Å². The number of unbranched alkanes of at least 4 members (excludes halogenated alkanes) is 3. The Kier molecular flexibility index (Phi) is 8.23. The van der Waals surface area contributed by atoms with Crippen LogP contribution in [-0.2, 0) is 6.42 Å². The molecule has 0 aliphatic heterocycles. The number of hydrogen-bond donors (Lipinski definition) is 0. The van der Waals surface area contributed by atoms with Crippen molar-refractivity contribution in [3.8, 4) is 23.0 Å². The lowest BCUT2D eigenvalue weighted by molar-refractivity contribution is 0.309. The van der Waals surface area contributed by atoms with Gasteiger partial charge in [0.2, 0.25) is 0 Å². The zero-order valence-electron chi connectivity index (χ0n) is 17.8. The lowest BCUT2D eigenvalue weighted by Crippen LogP contribution is -2.12. The Labute approximate surface area is 172 Å². The first-order chi connectivity index (χ1) is 13.8. The third kappa shape index (κ3) is 6.27. The molecule has 1 saturated carbocycles. The highest BCUT2D eigenvalue weighted by Gasteiger charge is 2.17. The topological polar surface area (TPSA) is 0 Å². The predicted octanol–water partition coefficient (Wildman–Crippen LogP) is 8.04. The summed E-state index contributed by atoms with van der Waals surface area (Å²) in [5.74, 6) is 8.49. The van der Waals surface area contributed by atoms with E-state index in [2.05, 4.69) is 74.2 Å². The Balaban J connectivity index is 1.54. The van der Waals surface area contributed by atoms with E-state index in [9.17, 15) is 0 Å². The molecular formula is C28H36. The third-order valence-electron chi connectivity index (χ3n) is 6.34. The second-order valence-corrected chi connectivity index (χ2v) is 8.48. The van der Waals surface area contributed by atoms with Crippen molar-refractivity contribution in [2.24, 2.45) is 11.8 Å². The van der Waals surface area contributed by atoms with Crippen LogP contribution >= 0.6 is 0 Å². The van der Waals surface area contributed by atoms with Crippen molar-refractivity contribution in [2.75, 3.05) is 0 Å². The molecule has 0 heteroatoms. The molecular weight excluding hydrogens is 336 g/mol. The molecule has 0 N–H and O–H groups in total. The van der Waals surface area contributed by atoms with Crippen LogP contribution < -0.4 is 0 Å². The van der Waals surface area contributed by atoms with Gasteiger partial charge in [-0.15, -0.1) is 0 Å². The van der Waals surface area contributed by atoms with E-state index in [0.717, 1.165) is 11.5 Å². The highest BCUT2D eigenvalue weighted by molar-refractivity contribution is 5.64. The van der Waals surface area contributed by atoms with Gasteiger partial charge >= 0.3 is 0 Å². The summed E-state index contributed by atoms with van der Waals surface area (Å²) < 4.78 is 0. The minimum absolute atomic E-state index is 0.604. The Hall–Kier alpha value is -2.00. The van der Waals surface area contributed by atoms with Crippen molar-refractivity contribution in [1.82, 2.24) is 0 Å². The summed E-state index contributed by atoms with van der Waals surface area (Å²) in [5, 5.41) is 0. The number of rotatable bonds is 7. The first kappa shape index (κ1) is 20.7. The average Bonchev–Trinajstić information content (AvgIpc) is 2.76. The minimum atomic E-state index is 0.604. The van der Waals surface area contributed by atoms with Gasteiger partial charge in [0.25, 0.3) is 0 Å². The van der Waals surface area contributed by atoms with Crippen molar-refractivity contribution in [3.05, 3.63) is 59.7 Å². The largest absolute Gasteiger partial charge is 0.0945 e. The quantitative estimate of drug-likeness (QED) is 0.341. The molecule has 0 atom stereocenters. The first-order valence-corrected chi connectivity index (χ1v) is 11.5. The van der Waals surface area contributed by atoms with Crippen LogP contribution in [0.3, 0.4) is 0 Å². The lowest BCUT2D eigenvalue weighted by Gasteiger charge is -2.24. The molecule has 2 aromatic rings. The summed E-state index contributed by atoms with van der Waals surface area (Å²) in [4.78, 5) is 0. The van der Waals surface area contributed by atoms with E-state index in [-0.39, 0.29) is 0 Å². The summed E-state index contributed by atoms with van der Waals surface area (Å²) >= 11 is 0. The smallest absolute Gasteiger partial charge is 0.0245 e. The molecule has 148 valence electrons. The fourth-order valence-electron chi connectivity index (χ4n) is 4.27. The molecule has 0 radical (unpaired) electrons. The van der Waals surface area contributed by atoms with E-state index in [1.807, 2.05) is 0 Å². The molecule has 1 aliphatic rings. The van der Waals surface area contributed by atoms with E-state index >= 15 is 0 Å². The van der Waals surface area contributed by atoms with E-state index in [1.54, 1.807) is 0 Å². The predicted molar refractivity (Wildman–Crippen MR) is 122 cm³/mol. The second-order valence-electron chi connectivity index (χ2n) is 8.48. The fourth-order valence-corrected chi connectivity index (χ4v) is 4.27. The van der Waals surface area contributed by atoms with Crippen molar-refractivity contribution in [1.29, 1.82) is 0 Å². The molecule has 3 rings (SSSR count). The summed E-state index contributed by atoms with van der Waals surface area (Å²) in [7, 11) is 0. The molecule has 0 bridgehead atoms. The van der Waals surface area contributed by atoms with Gasteiger partial charge in [-0.25, -0.2) is 0 Å². The maximum Gasteiger partial charge on any atom is 0.0245 e. The summed E-state index contributed by atoms with van der Waals surface area (Å²) in [5.41, 5.74) is 5.19. The van der Waals surface area contributed by atoms with Crippen molar-refractivity contribution < 1.29 is 0 Å². The molecule has 2 aromatic carbocycles. The Morgan fingerprint density at radius 2 is 1.39 bits per heavy atom. The average molecular weight is 373 g/mol. The molecule has 28 heavy (non-hydrogen) atoms. The first-order valence-electron chi connectivity index (χ1n) is 11.5. The summed E-state index contributed by atoms with van der Waals surface area (Å²) in [6.45, 7) is 4.59. The van der Waals surface area contributed by atoms with Gasteiger partial charge in [-0.05, 0) is 73.3 Å². The van der Waals surface area contributed by atoms with Gasteiger partial charge < -0.3 is 0 Å². The molecule has 0 amide bonds. The molecule has 0 unspecified atom stereocenters. The molecule has 0 saturated heterocycles. The fraction of sp³-hybridized carbons (Fsp3) is 0.500. The van der Waals surface area contributed by atoms with E-state index in [0.29, 0.717) is 5.92 Å². The van der Waals surface area contributed by atoms with Crippen LogP contribution in [0.1, 0.15) is 82.8 Å². The highest BCUT2D eigenvalue weighted by Crippen LogP contribution is 2.30. The zero-order chi connectivity index (χ0) is 19.6. The summed E-state index contributed by atoms with van der Waals surface area (Å²) in [6.07, 6.45) is 13.2. The molecule has 0 nitrogen and oxygen atoms in total. The van der Waals surface area contributed by atoms with Gasteiger partial charge in [0, 0.05) is 11.5 Å². The van der Waals surface area contributed by atoms with E-state index in [1.165, 1.54) is 80.9 Å². The van der Waals surface area contributed by atoms with Gasteiger partial charge in [0.15, 0.2) is 0 Å². The summed E-state index contributed by atoms with van der Waals surface area (Å²) in [6, 6.07) is 17.9. The highest BCUT2D eigenvalue weighted by atomic mass is 14.2. The molecule has 0 spiro atoms. The second kappa shape index (κ2) is 11.1.